The van der Waals surface area contributed by atoms with Crippen molar-refractivity contribution in [2.75, 3.05) is 20.2 Å². The highest BCUT2D eigenvalue weighted by molar-refractivity contribution is 5.71. The zero-order chi connectivity index (χ0) is 10.4. The highest BCUT2D eigenvalue weighted by atomic mass is 16.5. The van der Waals surface area contributed by atoms with E-state index < -0.39 is 0 Å². The number of esters is 1. The maximum Gasteiger partial charge on any atom is 0.320 e. The van der Waals surface area contributed by atoms with Gasteiger partial charge in [-0.1, -0.05) is 0 Å². The van der Waals surface area contributed by atoms with Gasteiger partial charge in [-0.25, -0.2) is 0 Å². The van der Waals surface area contributed by atoms with Gasteiger partial charge in [0.15, 0.2) is 0 Å². The highest BCUT2D eigenvalue weighted by Crippen LogP contribution is 2.03. The topological polar surface area (TPSA) is 42.7 Å². The molecule has 0 N–H and O–H groups in total. The Kier molecular flexibility index (Phi) is 4.19. The van der Waals surface area contributed by atoms with E-state index in [2.05, 4.69) is 0 Å². The van der Waals surface area contributed by atoms with Gasteiger partial charge in [-0.05, 0) is 26.1 Å². The fourth-order valence-corrected chi connectivity index (χ4v) is 1.15. The van der Waals surface area contributed by atoms with Crippen molar-refractivity contribution < 1.29 is 13.9 Å². The van der Waals surface area contributed by atoms with Gasteiger partial charge in [-0.2, -0.15) is 0 Å². The molecule has 0 aliphatic carbocycles. The third-order valence-electron chi connectivity index (χ3n) is 1.71. The maximum atomic E-state index is 11.1. The minimum absolute atomic E-state index is 0.207. The molecule has 14 heavy (non-hydrogen) atoms. The molecule has 0 amide bonds. The molecule has 0 aliphatic heterocycles. The Morgan fingerprint density at radius 3 is 3.00 bits per heavy atom. The standard InChI is InChI=1S/C10H15NO3/c1-3-13-10(12)8-11(2)7-9-5-4-6-14-9/h4-6H,3,7-8H2,1-2H3. The van der Waals surface area contributed by atoms with Crippen LogP contribution in [0, 0.1) is 0 Å². The second-order valence-electron chi connectivity index (χ2n) is 3.06. The molecule has 0 spiro atoms. The minimum atomic E-state index is -0.207. The zero-order valence-electron chi connectivity index (χ0n) is 8.53. The van der Waals surface area contributed by atoms with Crippen molar-refractivity contribution in [3.8, 4) is 0 Å². The van der Waals surface area contributed by atoms with Gasteiger partial charge in [-0.3, -0.25) is 9.69 Å². The molecule has 1 rings (SSSR count). The van der Waals surface area contributed by atoms with Crippen molar-refractivity contribution in [3.05, 3.63) is 24.2 Å². The first kappa shape index (κ1) is 10.8. The fourth-order valence-electron chi connectivity index (χ4n) is 1.15. The summed E-state index contributed by atoms with van der Waals surface area (Å²) in [5, 5.41) is 0. The van der Waals surface area contributed by atoms with Crippen LogP contribution in [0.3, 0.4) is 0 Å². The van der Waals surface area contributed by atoms with Crippen LogP contribution in [0.1, 0.15) is 12.7 Å². The molecule has 0 aromatic carbocycles. The Labute approximate surface area is 83.5 Å². The molecule has 78 valence electrons. The van der Waals surface area contributed by atoms with E-state index >= 15 is 0 Å². The van der Waals surface area contributed by atoms with Gasteiger partial charge < -0.3 is 9.15 Å². The number of rotatable bonds is 5. The van der Waals surface area contributed by atoms with Crippen LogP contribution in [0.5, 0.6) is 0 Å². The predicted octanol–water partition coefficient (Wildman–Crippen LogP) is 1.27. The molecule has 4 nitrogen and oxygen atoms in total. The molecule has 0 fully saturated rings. The summed E-state index contributed by atoms with van der Waals surface area (Å²) < 4.78 is 9.97. The van der Waals surface area contributed by atoms with Crippen molar-refractivity contribution in [1.82, 2.24) is 4.90 Å². The normalized spacial score (nSPS) is 10.5. The quantitative estimate of drug-likeness (QED) is 0.667. The lowest BCUT2D eigenvalue weighted by Gasteiger charge is -2.13. The molecule has 0 atom stereocenters. The van der Waals surface area contributed by atoms with E-state index in [0.29, 0.717) is 13.2 Å². The number of nitrogens with zero attached hydrogens (tertiary/aromatic N) is 1. The van der Waals surface area contributed by atoms with Crippen LogP contribution in [0.2, 0.25) is 0 Å². The van der Waals surface area contributed by atoms with Crippen LogP contribution >= 0.6 is 0 Å². The number of hydrogen-bond donors (Lipinski definition) is 0. The molecule has 1 aromatic heterocycles. The summed E-state index contributed by atoms with van der Waals surface area (Å²) in [4.78, 5) is 12.9. The molecule has 0 radical (unpaired) electrons. The van der Waals surface area contributed by atoms with Gasteiger partial charge in [0.25, 0.3) is 0 Å². The van der Waals surface area contributed by atoms with Gasteiger partial charge in [0.2, 0.25) is 0 Å². The predicted molar refractivity (Wildman–Crippen MR) is 51.7 cm³/mol. The number of carbonyl (C=O) groups is 1. The van der Waals surface area contributed by atoms with Crippen molar-refractivity contribution in [3.63, 3.8) is 0 Å². The number of likely N-dealkylation sites (N-methyl/N-ethyl adjacent to an activating group) is 1. The number of furan rings is 1. The van der Waals surface area contributed by atoms with Gasteiger partial charge >= 0.3 is 5.97 Å². The van der Waals surface area contributed by atoms with Gasteiger partial charge in [0.05, 0.1) is 26.0 Å². The lowest BCUT2D eigenvalue weighted by Crippen LogP contribution is -2.26. The summed E-state index contributed by atoms with van der Waals surface area (Å²) in [5.41, 5.74) is 0. The third kappa shape index (κ3) is 3.62. The van der Waals surface area contributed by atoms with Crippen molar-refractivity contribution in [1.29, 1.82) is 0 Å². The average molecular weight is 197 g/mol. The molecule has 0 saturated carbocycles. The van der Waals surface area contributed by atoms with E-state index in [4.69, 9.17) is 9.15 Å². The zero-order valence-corrected chi connectivity index (χ0v) is 8.53. The number of hydrogen-bond acceptors (Lipinski definition) is 4. The van der Waals surface area contributed by atoms with Gasteiger partial charge in [0, 0.05) is 0 Å². The van der Waals surface area contributed by atoms with Crippen molar-refractivity contribution in [2.45, 2.75) is 13.5 Å². The Morgan fingerprint density at radius 1 is 1.64 bits per heavy atom. The summed E-state index contributed by atoms with van der Waals surface area (Å²) in [6, 6.07) is 3.70. The van der Waals surface area contributed by atoms with Gasteiger partial charge in [0.1, 0.15) is 5.76 Å². The van der Waals surface area contributed by atoms with Crippen LogP contribution in [-0.2, 0) is 16.1 Å². The molecule has 0 saturated heterocycles. The second kappa shape index (κ2) is 5.44. The van der Waals surface area contributed by atoms with Crippen LogP contribution in [0.25, 0.3) is 0 Å². The lowest BCUT2D eigenvalue weighted by atomic mass is 10.4. The van der Waals surface area contributed by atoms with E-state index in [-0.39, 0.29) is 12.5 Å². The summed E-state index contributed by atoms with van der Waals surface area (Å²) in [6.07, 6.45) is 1.62. The van der Waals surface area contributed by atoms with E-state index in [1.807, 2.05) is 24.1 Å². The second-order valence-corrected chi connectivity index (χ2v) is 3.06. The van der Waals surface area contributed by atoms with Crippen LogP contribution < -0.4 is 0 Å². The van der Waals surface area contributed by atoms with Crippen molar-refractivity contribution in [2.24, 2.45) is 0 Å². The summed E-state index contributed by atoms with van der Waals surface area (Å²) in [5.74, 6) is 0.637. The number of carbonyl (C=O) groups excluding carboxylic acids is 1. The van der Waals surface area contributed by atoms with Gasteiger partial charge in [-0.15, -0.1) is 0 Å². The first-order valence-electron chi connectivity index (χ1n) is 4.59. The van der Waals surface area contributed by atoms with Crippen LogP contribution in [-0.4, -0.2) is 31.1 Å². The SMILES string of the molecule is CCOC(=O)CN(C)Cc1ccco1. The van der Waals surface area contributed by atoms with Crippen molar-refractivity contribution >= 4 is 5.97 Å². The molecular weight excluding hydrogens is 182 g/mol. The Hall–Kier alpha value is -1.29. The van der Waals surface area contributed by atoms with E-state index in [1.165, 1.54) is 0 Å². The highest BCUT2D eigenvalue weighted by Gasteiger charge is 2.08. The molecule has 0 bridgehead atoms. The maximum absolute atomic E-state index is 11.1. The largest absolute Gasteiger partial charge is 0.468 e. The fraction of sp³-hybridized carbons (Fsp3) is 0.500. The molecule has 0 aliphatic rings. The summed E-state index contributed by atoms with van der Waals surface area (Å²) in [6.45, 7) is 3.12. The van der Waals surface area contributed by atoms with E-state index in [9.17, 15) is 4.79 Å². The molecule has 0 unspecified atom stereocenters. The summed E-state index contributed by atoms with van der Waals surface area (Å²) >= 11 is 0. The monoisotopic (exact) mass is 197 g/mol. The first-order valence-corrected chi connectivity index (χ1v) is 4.59. The molecule has 1 aromatic rings. The smallest absolute Gasteiger partial charge is 0.320 e. The van der Waals surface area contributed by atoms with Crippen LogP contribution in [0.15, 0.2) is 22.8 Å². The summed E-state index contributed by atoms with van der Waals surface area (Å²) in [7, 11) is 1.85. The van der Waals surface area contributed by atoms with Crippen LogP contribution in [0.4, 0.5) is 0 Å². The third-order valence-corrected chi connectivity index (χ3v) is 1.71. The Balaban J connectivity index is 2.29. The van der Waals surface area contributed by atoms with E-state index in [0.717, 1.165) is 5.76 Å². The lowest BCUT2D eigenvalue weighted by molar-refractivity contribution is -0.144. The minimum Gasteiger partial charge on any atom is -0.468 e. The average Bonchev–Trinajstić information content (AvgIpc) is 2.56. The molecule has 4 heteroatoms. The molecular formula is C10H15NO3. The first-order chi connectivity index (χ1) is 6.72. The molecule has 1 heterocycles. The van der Waals surface area contributed by atoms with E-state index in [1.54, 1.807) is 13.2 Å². The Bertz CT molecular complexity index is 269. The Morgan fingerprint density at radius 2 is 2.43 bits per heavy atom. The number of ether oxygens (including phenoxy) is 1.